The number of imide groups is 1. The molecule has 1 fully saturated rings. The maximum absolute atomic E-state index is 13.0. The van der Waals surface area contributed by atoms with Crippen molar-refractivity contribution in [2.75, 3.05) is 4.90 Å². The summed E-state index contributed by atoms with van der Waals surface area (Å²) in [7, 11) is 0. The van der Waals surface area contributed by atoms with Crippen molar-refractivity contribution in [1.82, 2.24) is 0 Å². The Bertz CT molecular complexity index is 630. The molecule has 3 nitrogen and oxygen atoms in total. The highest BCUT2D eigenvalue weighted by atomic mass is 16.2. The topological polar surface area (TPSA) is 37.4 Å². The summed E-state index contributed by atoms with van der Waals surface area (Å²) < 4.78 is 0. The van der Waals surface area contributed by atoms with Crippen LogP contribution in [0.4, 0.5) is 5.69 Å². The van der Waals surface area contributed by atoms with Gasteiger partial charge in [-0.05, 0) is 38.3 Å². The van der Waals surface area contributed by atoms with Crippen molar-refractivity contribution >= 4 is 17.5 Å². The molecule has 1 aromatic rings. The van der Waals surface area contributed by atoms with Gasteiger partial charge >= 0.3 is 0 Å². The van der Waals surface area contributed by atoms with E-state index in [2.05, 4.69) is 13.8 Å². The number of carbonyl (C=O) groups excluding carboxylic acids is 2. The Labute approximate surface area is 158 Å². The standard InChI is InChI=1S/C23H33NO2/c1-4-6-8-10-12-20-21(13-11-9-7-5-2)23(26)24(22(20)25)19-16-14-18(3)15-17-19/h12,14-17,21H,4-11,13H2,1-3H3/b20-12+. The predicted octanol–water partition coefficient (Wildman–Crippen LogP) is 5.96. The Hall–Kier alpha value is -1.90. The van der Waals surface area contributed by atoms with E-state index in [1.54, 1.807) is 0 Å². The largest absolute Gasteiger partial charge is 0.273 e. The minimum absolute atomic E-state index is 0.0444. The minimum atomic E-state index is -0.262. The lowest BCUT2D eigenvalue weighted by atomic mass is 9.93. The van der Waals surface area contributed by atoms with E-state index in [9.17, 15) is 9.59 Å². The van der Waals surface area contributed by atoms with Crippen LogP contribution in [0.2, 0.25) is 0 Å². The lowest BCUT2D eigenvalue weighted by molar-refractivity contribution is -0.122. The van der Waals surface area contributed by atoms with Gasteiger partial charge in [0.25, 0.3) is 5.91 Å². The van der Waals surface area contributed by atoms with E-state index in [1.165, 1.54) is 17.7 Å². The van der Waals surface area contributed by atoms with Crippen LogP contribution < -0.4 is 4.90 Å². The number of anilines is 1. The summed E-state index contributed by atoms with van der Waals surface area (Å²) in [6, 6.07) is 7.66. The molecule has 3 heteroatoms. The molecular weight excluding hydrogens is 322 g/mol. The smallest absolute Gasteiger partial charge is 0.261 e. The fraction of sp³-hybridized carbons (Fsp3) is 0.565. The average molecular weight is 356 g/mol. The normalized spacial score (nSPS) is 19.0. The summed E-state index contributed by atoms with van der Waals surface area (Å²) in [4.78, 5) is 27.4. The molecule has 142 valence electrons. The van der Waals surface area contributed by atoms with Gasteiger partial charge in [0.1, 0.15) is 0 Å². The van der Waals surface area contributed by atoms with Crippen LogP contribution in [0.3, 0.4) is 0 Å². The molecule has 26 heavy (non-hydrogen) atoms. The Morgan fingerprint density at radius 2 is 1.58 bits per heavy atom. The molecule has 0 aromatic heterocycles. The summed E-state index contributed by atoms with van der Waals surface area (Å²) in [5.74, 6) is -0.421. The first-order chi connectivity index (χ1) is 12.6. The number of allylic oxidation sites excluding steroid dienone is 1. The second-order valence-corrected chi connectivity index (χ2v) is 7.37. The fourth-order valence-corrected chi connectivity index (χ4v) is 3.54. The first-order valence-electron chi connectivity index (χ1n) is 10.2. The van der Waals surface area contributed by atoms with Crippen LogP contribution in [-0.2, 0) is 9.59 Å². The molecule has 0 aliphatic carbocycles. The number of amides is 2. The van der Waals surface area contributed by atoms with Crippen LogP contribution in [0.1, 0.15) is 77.2 Å². The third kappa shape index (κ3) is 5.06. The van der Waals surface area contributed by atoms with E-state index in [1.807, 2.05) is 37.3 Å². The van der Waals surface area contributed by atoms with Crippen molar-refractivity contribution in [1.29, 1.82) is 0 Å². The summed E-state index contributed by atoms with van der Waals surface area (Å²) in [6.45, 7) is 6.36. The van der Waals surface area contributed by atoms with Gasteiger partial charge in [-0.15, -0.1) is 0 Å². The number of unbranched alkanes of at least 4 members (excludes halogenated alkanes) is 6. The van der Waals surface area contributed by atoms with Gasteiger partial charge in [0.2, 0.25) is 5.91 Å². The van der Waals surface area contributed by atoms with Crippen molar-refractivity contribution in [3.05, 3.63) is 41.5 Å². The third-order valence-electron chi connectivity index (χ3n) is 5.15. The number of nitrogens with zero attached hydrogens (tertiary/aromatic N) is 1. The zero-order chi connectivity index (χ0) is 18.9. The number of rotatable bonds is 10. The molecule has 0 bridgehead atoms. The number of benzene rings is 1. The van der Waals surface area contributed by atoms with Gasteiger partial charge in [-0.1, -0.05) is 76.1 Å². The van der Waals surface area contributed by atoms with E-state index in [0.717, 1.165) is 56.1 Å². The maximum Gasteiger partial charge on any atom is 0.261 e. The molecule has 0 spiro atoms. The van der Waals surface area contributed by atoms with Gasteiger partial charge in [0.15, 0.2) is 0 Å². The number of hydrogen-bond acceptors (Lipinski definition) is 2. The highest BCUT2D eigenvalue weighted by molar-refractivity contribution is 6.29. The fourth-order valence-electron chi connectivity index (χ4n) is 3.54. The molecule has 1 aliphatic heterocycles. The molecule has 0 radical (unpaired) electrons. The predicted molar refractivity (Wildman–Crippen MR) is 108 cm³/mol. The highest BCUT2D eigenvalue weighted by Crippen LogP contribution is 2.34. The van der Waals surface area contributed by atoms with E-state index in [-0.39, 0.29) is 17.7 Å². The monoisotopic (exact) mass is 355 g/mol. The molecule has 1 aliphatic rings. The van der Waals surface area contributed by atoms with Crippen LogP contribution >= 0.6 is 0 Å². The van der Waals surface area contributed by atoms with Crippen LogP contribution in [-0.4, -0.2) is 11.8 Å². The molecule has 1 heterocycles. The molecule has 1 aromatic carbocycles. The van der Waals surface area contributed by atoms with E-state index < -0.39 is 0 Å². The molecule has 0 saturated carbocycles. The molecule has 1 atom stereocenters. The van der Waals surface area contributed by atoms with Crippen molar-refractivity contribution in [3.8, 4) is 0 Å². The Morgan fingerprint density at radius 3 is 2.23 bits per heavy atom. The Kier molecular flexibility index (Phi) is 8.08. The Morgan fingerprint density at radius 1 is 0.923 bits per heavy atom. The second-order valence-electron chi connectivity index (χ2n) is 7.37. The lowest BCUT2D eigenvalue weighted by Crippen LogP contribution is -2.30. The minimum Gasteiger partial charge on any atom is -0.273 e. The summed E-state index contributed by atoms with van der Waals surface area (Å²) in [5, 5.41) is 0. The van der Waals surface area contributed by atoms with Crippen LogP contribution in [0.25, 0.3) is 0 Å². The van der Waals surface area contributed by atoms with Crippen molar-refractivity contribution < 1.29 is 9.59 Å². The SMILES string of the molecule is CCCCC/C=C1/C(=O)N(c2ccc(C)cc2)C(=O)C1CCCCCC. The molecule has 0 N–H and O–H groups in total. The van der Waals surface area contributed by atoms with Gasteiger partial charge in [-0.2, -0.15) is 0 Å². The molecular formula is C23H33NO2. The van der Waals surface area contributed by atoms with Crippen molar-refractivity contribution in [2.24, 2.45) is 5.92 Å². The van der Waals surface area contributed by atoms with Crippen molar-refractivity contribution in [2.45, 2.75) is 78.6 Å². The van der Waals surface area contributed by atoms with Crippen molar-refractivity contribution in [3.63, 3.8) is 0 Å². The highest BCUT2D eigenvalue weighted by Gasteiger charge is 2.43. The van der Waals surface area contributed by atoms with Gasteiger partial charge in [-0.25, -0.2) is 4.90 Å². The summed E-state index contributed by atoms with van der Waals surface area (Å²) in [5.41, 5.74) is 2.54. The van der Waals surface area contributed by atoms with E-state index in [0.29, 0.717) is 5.69 Å². The molecule has 1 unspecified atom stereocenters. The zero-order valence-corrected chi connectivity index (χ0v) is 16.6. The average Bonchev–Trinajstić information content (AvgIpc) is 2.87. The first-order valence-corrected chi connectivity index (χ1v) is 10.2. The number of aryl methyl sites for hydroxylation is 1. The van der Waals surface area contributed by atoms with Gasteiger partial charge in [0.05, 0.1) is 11.6 Å². The molecule has 2 amide bonds. The maximum atomic E-state index is 13.0. The quantitative estimate of drug-likeness (QED) is 0.295. The Balaban J connectivity index is 2.19. The molecule has 1 saturated heterocycles. The first kappa shape index (κ1) is 20.4. The van der Waals surface area contributed by atoms with Gasteiger partial charge in [-0.3, -0.25) is 9.59 Å². The van der Waals surface area contributed by atoms with E-state index in [4.69, 9.17) is 0 Å². The zero-order valence-electron chi connectivity index (χ0n) is 16.6. The summed E-state index contributed by atoms with van der Waals surface area (Å²) in [6.07, 6.45) is 11.6. The van der Waals surface area contributed by atoms with Crippen LogP contribution in [0.15, 0.2) is 35.9 Å². The van der Waals surface area contributed by atoms with Crippen LogP contribution in [0, 0.1) is 12.8 Å². The number of carbonyl (C=O) groups is 2. The molecule has 2 rings (SSSR count). The third-order valence-corrected chi connectivity index (χ3v) is 5.15. The summed E-state index contributed by atoms with van der Waals surface area (Å²) >= 11 is 0. The van der Waals surface area contributed by atoms with Gasteiger partial charge in [0, 0.05) is 5.57 Å². The lowest BCUT2D eigenvalue weighted by Gasteiger charge is -2.14. The van der Waals surface area contributed by atoms with Gasteiger partial charge < -0.3 is 0 Å². The number of hydrogen-bond donors (Lipinski definition) is 0. The van der Waals surface area contributed by atoms with E-state index >= 15 is 0 Å². The second kappa shape index (κ2) is 10.3. The van der Waals surface area contributed by atoms with Crippen LogP contribution in [0.5, 0.6) is 0 Å².